The highest BCUT2D eigenvalue weighted by atomic mass is 32.1. The number of furan rings is 1. The summed E-state index contributed by atoms with van der Waals surface area (Å²) >= 11 is 1.72. The molecule has 0 radical (unpaired) electrons. The Labute approximate surface area is 146 Å². The molecule has 6 heteroatoms. The van der Waals surface area contributed by atoms with Gasteiger partial charge in [-0.3, -0.25) is 9.69 Å². The molecule has 24 heavy (non-hydrogen) atoms. The summed E-state index contributed by atoms with van der Waals surface area (Å²) in [6, 6.07) is 7.73. The standard InChI is InChI=1S/C18H24N2O3S/c1-14(17-7-3-9-23-17)19-18(21)13-20(11-15-5-2-8-22-15)12-16-6-4-10-24-16/h3-4,6-7,9-10,14-15H,2,5,8,11-13H2,1H3,(H,19,21)/t14-,15+/m1/s1. The molecule has 1 saturated heterocycles. The number of hydrogen-bond acceptors (Lipinski definition) is 5. The fraction of sp³-hybridized carbons (Fsp3) is 0.500. The Kier molecular flexibility index (Phi) is 6.07. The molecule has 2 aromatic heterocycles. The largest absolute Gasteiger partial charge is 0.467 e. The summed E-state index contributed by atoms with van der Waals surface area (Å²) < 4.78 is 11.1. The Balaban J connectivity index is 1.56. The summed E-state index contributed by atoms with van der Waals surface area (Å²) in [6.45, 7) is 4.70. The molecule has 3 heterocycles. The van der Waals surface area contributed by atoms with Crippen LogP contribution in [0.25, 0.3) is 0 Å². The molecule has 2 atom stereocenters. The normalized spacial score (nSPS) is 18.8. The van der Waals surface area contributed by atoms with E-state index in [1.807, 2.05) is 25.1 Å². The molecular weight excluding hydrogens is 324 g/mol. The fourth-order valence-corrected chi connectivity index (χ4v) is 3.73. The molecular formula is C18H24N2O3S. The van der Waals surface area contributed by atoms with Gasteiger partial charge in [0.2, 0.25) is 5.91 Å². The summed E-state index contributed by atoms with van der Waals surface area (Å²) in [5, 5.41) is 5.07. The first-order chi connectivity index (χ1) is 11.7. The molecule has 0 unspecified atom stereocenters. The van der Waals surface area contributed by atoms with Gasteiger partial charge >= 0.3 is 0 Å². The Morgan fingerprint density at radius 1 is 1.46 bits per heavy atom. The van der Waals surface area contributed by atoms with E-state index in [2.05, 4.69) is 21.7 Å². The van der Waals surface area contributed by atoms with Gasteiger partial charge < -0.3 is 14.5 Å². The van der Waals surface area contributed by atoms with Crippen molar-refractivity contribution in [2.45, 2.75) is 38.5 Å². The topological polar surface area (TPSA) is 54.7 Å². The van der Waals surface area contributed by atoms with E-state index in [1.54, 1.807) is 17.6 Å². The first-order valence-corrected chi connectivity index (χ1v) is 9.28. The molecule has 0 saturated carbocycles. The second kappa shape index (κ2) is 8.46. The molecule has 1 aliphatic heterocycles. The van der Waals surface area contributed by atoms with Gasteiger partial charge in [-0.15, -0.1) is 11.3 Å². The third kappa shape index (κ3) is 4.93. The van der Waals surface area contributed by atoms with Gasteiger partial charge in [0, 0.05) is 24.6 Å². The molecule has 2 aromatic rings. The summed E-state index contributed by atoms with van der Waals surface area (Å²) in [7, 11) is 0. The van der Waals surface area contributed by atoms with Crippen LogP contribution in [0.5, 0.6) is 0 Å². The van der Waals surface area contributed by atoms with Crippen molar-refractivity contribution in [1.29, 1.82) is 0 Å². The maximum absolute atomic E-state index is 12.4. The molecule has 0 bridgehead atoms. The van der Waals surface area contributed by atoms with Crippen molar-refractivity contribution in [3.05, 3.63) is 46.5 Å². The van der Waals surface area contributed by atoms with Crippen molar-refractivity contribution >= 4 is 17.2 Å². The van der Waals surface area contributed by atoms with Crippen molar-refractivity contribution in [2.75, 3.05) is 19.7 Å². The number of carbonyl (C=O) groups is 1. The SMILES string of the molecule is C[C@@H](NC(=O)CN(Cc1cccs1)C[C@@H]1CCCO1)c1ccco1. The lowest BCUT2D eigenvalue weighted by Gasteiger charge is -2.24. The first-order valence-electron chi connectivity index (χ1n) is 8.40. The summed E-state index contributed by atoms with van der Waals surface area (Å²) in [5.74, 6) is 0.778. The Morgan fingerprint density at radius 2 is 2.38 bits per heavy atom. The molecule has 0 aliphatic carbocycles. The highest BCUT2D eigenvalue weighted by Crippen LogP contribution is 2.17. The van der Waals surface area contributed by atoms with E-state index in [4.69, 9.17) is 9.15 Å². The number of nitrogens with one attached hydrogen (secondary N) is 1. The van der Waals surface area contributed by atoms with E-state index >= 15 is 0 Å². The highest BCUT2D eigenvalue weighted by molar-refractivity contribution is 7.09. The van der Waals surface area contributed by atoms with E-state index in [0.29, 0.717) is 6.54 Å². The zero-order valence-electron chi connectivity index (χ0n) is 13.9. The van der Waals surface area contributed by atoms with E-state index in [-0.39, 0.29) is 18.1 Å². The third-order valence-electron chi connectivity index (χ3n) is 4.16. The summed E-state index contributed by atoms with van der Waals surface area (Å²) in [4.78, 5) is 15.9. The van der Waals surface area contributed by atoms with Crippen molar-refractivity contribution in [3.63, 3.8) is 0 Å². The molecule has 0 aromatic carbocycles. The Hall–Kier alpha value is -1.63. The zero-order valence-corrected chi connectivity index (χ0v) is 14.8. The van der Waals surface area contributed by atoms with E-state index in [0.717, 1.165) is 38.3 Å². The Morgan fingerprint density at radius 3 is 3.04 bits per heavy atom. The summed E-state index contributed by atoms with van der Waals surface area (Å²) in [5.41, 5.74) is 0. The number of carbonyl (C=O) groups excluding carboxylic acids is 1. The average molecular weight is 348 g/mol. The van der Waals surface area contributed by atoms with Crippen LogP contribution in [-0.2, 0) is 16.1 Å². The van der Waals surface area contributed by atoms with Gasteiger partial charge in [-0.25, -0.2) is 0 Å². The maximum atomic E-state index is 12.4. The molecule has 1 amide bonds. The second-order valence-electron chi connectivity index (χ2n) is 6.19. The van der Waals surface area contributed by atoms with Crippen LogP contribution in [0.15, 0.2) is 40.3 Å². The van der Waals surface area contributed by atoms with Crippen LogP contribution < -0.4 is 5.32 Å². The average Bonchev–Trinajstić information content (AvgIpc) is 3.31. The minimum Gasteiger partial charge on any atom is -0.467 e. The number of thiophene rings is 1. The van der Waals surface area contributed by atoms with Gasteiger partial charge in [-0.2, -0.15) is 0 Å². The maximum Gasteiger partial charge on any atom is 0.234 e. The summed E-state index contributed by atoms with van der Waals surface area (Å²) in [6.07, 6.45) is 4.04. The van der Waals surface area contributed by atoms with Crippen molar-refractivity contribution in [2.24, 2.45) is 0 Å². The Bertz CT molecular complexity index is 606. The first kappa shape index (κ1) is 17.2. The van der Waals surface area contributed by atoms with Crippen LogP contribution in [0.3, 0.4) is 0 Å². The highest BCUT2D eigenvalue weighted by Gasteiger charge is 2.22. The third-order valence-corrected chi connectivity index (χ3v) is 5.02. The fourth-order valence-electron chi connectivity index (χ4n) is 2.98. The number of amides is 1. The minimum atomic E-state index is -0.126. The number of rotatable bonds is 8. The number of hydrogen-bond donors (Lipinski definition) is 1. The van der Waals surface area contributed by atoms with Gasteiger partial charge in [-0.05, 0) is 43.3 Å². The number of nitrogens with zero attached hydrogens (tertiary/aromatic N) is 1. The predicted molar refractivity (Wildman–Crippen MR) is 93.8 cm³/mol. The van der Waals surface area contributed by atoms with E-state index < -0.39 is 0 Å². The smallest absolute Gasteiger partial charge is 0.234 e. The lowest BCUT2D eigenvalue weighted by Crippen LogP contribution is -2.41. The number of ether oxygens (including phenoxy) is 1. The van der Waals surface area contributed by atoms with Crippen LogP contribution in [0, 0.1) is 0 Å². The minimum absolute atomic E-state index is 0.00783. The van der Waals surface area contributed by atoms with Crippen molar-refractivity contribution in [1.82, 2.24) is 10.2 Å². The van der Waals surface area contributed by atoms with Crippen molar-refractivity contribution in [3.8, 4) is 0 Å². The van der Waals surface area contributed by atoms with Crippen LogP contribution in [0.1, 0.15) is 36.4 Å². The quantitative estimate of drug-likeness (QED) is 0.796. The van der Waals surface area contributed by atoms with Gasteiger partial charge in [0.05, 0.1) is 25.0 Å². The molecule has 0 spiro atoms. The lowest BCUT2D eigenvalue weighted by atomic mass is 10.2. The van der Waals surface area contributed by atoms with Crippen molar-refractivity contribution < 1.29 is 13.9 Å². The van der Waals surface area contributed by atoms with Gasteiger partial charge in [0.1, 0.15) is 5.76 Å². The van der Waals surface area contributed by atoms with E-state index in [9.17, 15) is 4.79 Å². The molecule has 5 nitrogen and oxygen atoms in total. The van der Waals surface area contributed by atoms with E-state index in [1.165, 1.54) is 4.88 Å². The second-order valence-corrected chi connectivity index (χ2v) is 7.22. The lowest BCUT2D eigenvalue weighted by molar-refractivity contribution is -0.123. The molecule has 1 N–H and O–H groups in total. The van der Waals surface area contributed by atoms with Gasteiger partial charge in [0.15, 0.2) is 0 Å². The van der Waals surface area contributed by atoms with Gasteiger partial charge in [-0.1, -0.05) is 6.07 Å². The van der Waals surface area contributed by atoms with Crippen LogP contribution >= 0.6 is 11.3 Å². The zero-order chi connectivity index (χ0) is 16.8. The van der Waals surface area contributed by atoms with Crippen LogP contribution in [0.2, 0.25) is 0 Å². The predicted octanol–water partition coefficient (Wildman–Crippen LogP) is 3.20. The molecule has 130 valence electrons. The molecule has 3 rings (SSSR count). The van der Waals surface area contributed by atoms with Crippen LogP contribution in [0.4, 0.5) is 0 Å². The monoisotopic (exact) mass is 348 g/mol. The van der Waals surface area contributed by atoms with Gasteiger partial charge in [0.25, 0.3) is 0 Å². The van der Waals surface area contributed by atoms with Crippen LogP contribution in [-0.4, -0.2) is 36.6 Å². The molecule has 1 aliphatic rings. The molecule has 1 fully saturated rings.